The van der Waals surface area contributed by atoms with Gasteiger partial charge in [-0.3, -0.25) is 4.68 Å². The molecule has 2 unspecified atom stereocenters. The summed E-state index contributed by atoms with van der Waals surface area (Å²) in [5, 5.41) is 7.26. The number of hydrogen-bond acceptors (Lipinski definition) is 2. The minimum absolute atomic E-state index is 0.000185. The van der Waals surface area contributed by atoms with Crippen molar-refractivity contribution in [3.05, 3.63) is 17.5 Å². The molecule has 0 bridgehead atoms. The zero-order valence-electron chi connectivity index (χ0n) is 10.6. The Bertz CT molecular complexity index is 411. The molecule has 0 aliphatic heterocycles. The maximum atomic E-state index is 12.3. The third kappa shape index (κ3) is 3.04. The van der Waals surface area contributed by atoms with Gasteiger partial charge in [0.15, 0.2) is 0 Å². The number of hydrogen-bond donors (Lipinski definition) is 1. The lowest BCUT2D eigenvalue weighted by Gasteiger charge is -2.27. The highest BCUT2D eigenvalue weighted by Gasteiger charge is 2.32. The highest BCUT2D eigenvalue weighted by atomic mass is 19.4. The van der Waals surface area contributed by atoms with Gasteiger partial charge in [-0.25, -0.2) is 0 Å². The fraction of sp³-hybridized carbons (Fsp3) is 0.750. The van der Waals surface area contributed by atoms with Crippen molar-refractivity contribution in [1.82, 2.24) is 15.1 Å². The first-order valence-electron chi connectivity index (χ1n) is 6.20. The maximum Gasteiger partial charge on any atom is 0.390 e. The highest BCUT2D eigenvalue weighted by Crippen LogP contribution is 2.30. The highest BCUT2D eigenvalue weighted by molar-refractivity contribution is 5.24. The third-order valence-corrected chi connectivity index (χ3v) is 3.40. The first-order valence-corrected chi connectivity index (χ1v) is 6.20. The van der Waals surface area contributed by atoms with Crippen molar-refractivity contribution in [1.29, 1.82) is 0 Å². The lowest BCUT2D eigenvalue weighted by Crippen LogP contribution is -2.35. The number of rotatable bonds is 3. The summed E-state index contributed by atoms with van der Waals surface area (Å²) in [5.41, 5.74) is 2.19. The molecule has 0 amide bonds. The Balaban J connectivity index is 2.03. The second kappa shape index (κ2) is 4.91. The standard InChI is InChI=1S/C12H18F3N3/c1-8(6-12(13,14)15)17-10-4-3-5-11-9(10)7-16-18(11)2/h7-8,10,17H,3-6H2,1-2H3. The molecule has 0 saturated heterocycles. The normalized spacial score (nSPS) is 21.7. The second-order valence-electron chi connectivity index (χ2n) is 5.00. The Morgan fingerprint density at radius 1 is 1.56 bits per heavy atom. The fourth-order valence-electron chi connectivity index (χ4n) is 2.63. The van der Waals surface area contributed by atoms with Crippen LogP contribution in [-0.4, -0.2) is 22.0 Å². The van der Waals surface area contributed by atoms with Gasteiger partial charge in [0.05, 0.1) is 12.6 Å². The molecule has 102 valence electrons. The van der Waals surface area contributed by atoms with E-state index >= 15 is 0 Å². The van der Waals surface area contributed by atoms with Crippen LogP contribution >= 0.6 is 0 Å². The number of alkyl halides is 3. The number of fused-ring (bicyclic) bond motifs is 1. The minimum atomic E-state index is -4.11. The van der Waals surface area contributed by atoms with E-state index in [9.17, 15) is 13.2 Å². The van der Waals surface area contributed by atoms with E-state index in [4.69, 9.17) is 0 Å². The quantitative estimate of drug-likeness (QED) is 0.906. The van der Waals surface area contributed by atoms with Gasteiger partial charge in [0.25, 0.3) is 0 Å². The van der Waals surface area contributed by atoms with Gasteiger partial charge in [0, 0.05) is 30.4 Å². The average Bonchev–Trinajstić information content (AvgIpc) is 2.59. The maximum absolute atomic E-state index is 12.3. The summed E-state index contributed by atoms with van der Waals surface area (Å²) in [6, 6.07) is -0.569. The van der Waals surface area contributed by atoms with Gasteiger partial charge in [-0.05, 0) is 26.2 Å². The summed E-state index contributed by atoms with van der Waals surface area (Å²) in [6.45, 7) is 1.58. The average molecular weight is 261 g/mol. The summed E-state index contributed by atoms with van der Waals surface area (Å²) in [6.07, 6.45) is -0.314. The smallest absolute Gasteiger partial charge is 0.307 e. The zero-order valence-corrected chi connectivity index (χ0v) is 10.6. The molecule has 2 atom stereocenters. The summed E-state index contributed by atoms with van der Waals surface area (Å²) in [7, 11) is 1.88. The van der Waals surface area contributed by atoms with E-state index in [-0.39, 0.29) is 6.04 Å². The molecule has 0 spiro atoms. The van der Waals surface area contributed by atoms with Crippen molar-refractivity contribution < 1.29 is 13.2 Å². The molecule has 1 heterocycles. The molecule has 0 fully saturated rings. The number of nitrogens with one attached hydrogen (secondary N) is 1. The van der Waals surface area contributed by atoms with Gasteiger partial charge in [0.2, 0.25) is 0 Å². The molecule has 6 heteroatoms. The lowest BCUT2D eigenvalue weighted by atomic mass is 9.92. The van der Waals surface area contributed by atoms with Crippen LogP contribution in [0.2, 0.25) is 0 Å². The Morgan fingerprint density at radius 3 is 2.94 bits per heavy atom. The summed E-state index contributed by atoms with van der Waals surface area (Å²) >= 11 is 0. The Kier molecular flexibility index (Phi) is 3.66. The molecule has 18 heavy (non-hydrogen) atoms. The van der Waals surface area contributed by atoms with Crippen molar-refractivity contribution in [3.63, 3.8) is 0 Å². The monoisotopic (exact) mass is 261 g/mol. The van der Waals surface area contributed by atoms with Crippen LogP contribution in [0.4, 0.5) is 13.2 Å². The molecule has 0 saturated carbocycles. The van der Waals surface area contributed by atoms with Crippen LogP contribution in [0.1, 0.15) is 43.5 Å². The second-order valence-corrected chi connectivity index (χ2v) is 5.00. The van der Waals surface area contributed by atoms with E-state index in [1.54, 1.807) is 13.1 Å². The van der Waals surface area contributed by atoms with E-state index in [0.29, 0.717) is 0 Å². The molecule has 1 aromatic heterocycles. The van der Waals surface area contributed by atoms with E-state index in [1.165, 1.54) is 0 Å². The first-order chi connectivity index (χ1) is 8.37. The molecule has 0 radical (unpaired) electrons. The van der Waals surface area contributed by atoms with Crippen molar-refractivity contribution in [2.45, 2.75) is 50.9 Å². The predicted molar refractivity (Wildman–Crippen MR) is 62.2 cm³/mol. The van der Waals surface area contributed by atoms with E-state index in [2.05, 4.69) is 10.4 Å². The first kappa shape index (κ1) is 13.4. The topological polar surface area (TPSA) is 29.9 Å². The van der Waals surface area contributed by atoms with E-state index in [0.717, 1.165) is 30.5 Å². The molecule has 1 aromatic rings. The van der Waals surface area contributed by atoms with Crippen LogP contribution < -0.4 is 5.32 Å². The van der Waals surface area contributed by atoms with E-state index < -0.39 is 18.6 Å². The van der Waals surface area contributed by atoms with Gasteiger partial charge in [-0.2, -0.15) is 18.3 Å². The zero-order chi connectivity index (χ0) is 13.3. The number of aryl methyl sites for hydroxylation is 1. The van der Waals surface area contributed by atoms with Gasteiger partial charge < -0.3 is 5.32 Å². The summed E-state index contributed by atoms with van der Waals surface area (Å²) in [4.78, 5) is 0. The van der Waals surface area contributed by atoms with Gasteiger partial charge in [0.1, 0.15) is 0 Å². The van der Waals surface area contributed by atoms with Crippen LogP contribution in [0, 0.1) is 0 Å². The Labute approximate surface area is 104 Å². The third-order valence-electron chi connectivity index (χ3n) is 3.40. The van der Waals surface area contributed by atoms with E-state index in [1.807, 2.05) is 11.7 Å². The number of aromatic nitrogens is 2. The van der Waals surface area contributed by atoms with Gasteiger partial charge in [-0.1, -0.05) is 0 Å². The van der Waals surface area contributed by atoms with Crippen LogP contribution in [0.3, 0.4) is 0 Å². The summed E-state index contributed by atoms with van der Waals surface area (Å²) < 4.78 is 38.7. The number of halogens is 3. The van der Waals surface area contributed by atoms with Crippen molar-refractivity contribution in [2.75, 3.05) is 0 Å². The van der Waals surface area contributed by atoms with Crippen LogP contribution in [0.15, 0.2) is 6.20 Å². The largest absolute Gasteiger partial charge is 0.390 e. The van der Waals surface area contributed by atoms with Crippen LogP contribution in [0.25, 0.3) is 0 Å². The molecule has 0 aromatic carbocycles. The number of nitrogens with zero attached hydrogens (tertiary/aromatic N) is 2. The Morgan fingerprint density at radius 2 is 2.28 bits per heavy atom. The molecule has 1 N–H and O–H groups in total. The molecule has 3 nitrogen and oxygen atoms in total. The Hall–Kier alpha value is -1.04. The molecule has 2 rings (SSSR count). The molecular formula is C12H18F3N3. The fourth-order valence-corrected chi connectivity index (χ4v) is 2.63. The van der Waals surface area contributed by atoms with Crippen LogP contribution in [-0.2, 0) is 13.5 Å². The van der Waals surface area contributed by atoms with Gasteiger partial charge in [-0.15, -0.1) is 0 Å². The van der Waals surface area contributed by atoms with Crippen molar-refractivity contribution >= 4 is 0 Å². The predicted octanol–water partition coefficient (Wildman–Crippen LogP) is 2.73. The lowest BCUT2D eigenvalue weighted by molar-refractivity contribution is -0.139. The molecule has 1 aliphatic carbocycles. The van der Waals surface area contributed by atoms with Crippen LogP contribution in [0.5, 0.6) is 0 Å². The SMILES string of the molecule is CC(CC(F)(F)F)NC1CCCc2c1cnn2C. The minimum Gasteiger partial charge on any atom is -0.307 e. The molecule has 1 aliphatic rings. The summed E-state index contributed by atoms with van der Waals surface area (Å²) in [5.74, 6) is 0. The van der Waals surface area contributed by atoms with Crippen molar-refractivity contribution in [2.24, 2.45) is 7.05 Å². The van der Waals surface area contributed by atoms with Crippen molar-refractivity contribution in [3.8, 4) is 0 Å². The van der Waals surface area contributed by atoms with Gasteiger partial charge >= 0.3 is 6.18 Å². The molecular weight excluding hydrogens is 243 g/mol.